The summed E-state index contributed by atoms with van der Waals surface area (Å²) in [6, 6.07) is 13.2. The number of hydrogen-bond donors (Lipinski definition) is 0. The fourth-order valence-corrected chi connectivity index (χ4v) is 3.12. The molecule has 8 nitrogen and oxygen atoms in total. The second kappa shape index (κ2) is 9.18. The van der Waals surface area contributed by atoms with Crippen molar-refractivity contribution in [3.63, 3.8) is 0 Å². The zero-order valence-electron chi connectivity index (χ0n) is 16.2. The second-order valence-electron chi connectivity index (χ2n) is 6.76. The maximum atomic E-state index is 12.6. The first-order valence-corrected chi connectivity index (χ1v) is 9.51. The smallest absolute Gasteiger partial charge is 0.269 e. The summed E-state index contributed by atoms with van der Waals surface area (Å²) in [5.41, 5.74) is 1.81. The van der Waals surface area contributed by atoms with Crippen molar-refractivity contribution in [2.24, 2.45) is 0 Å². The number of piperazine rings is 1. The molecule has 0 aromatic heterocycles. The Morgan fingerprint density at radius 1 is 0.966 bits per heavy atom. The van der Waals surface area contributed by atoms with E-state index < -0.39 is 4.92 Å². The van der Waals surface area contributed by atoms with Crippen molar-refractivity contribution in [3.8, 4) is 5.75 Å². The number of amides is 2. The van der Waals surface area contributed by atoms with Gasteiger partial charge in [0.05, 0.1) is 4.92 Å². The number of carbonyl (C=O) groups excluding carboxylic acids is 2. The van der Waals surface area contributed by atoms with Crippen LogP contribution in [0.2, 0.25) is 0 Å². The molecule has 0 unspecified atom stereocenters. The van der Waals surface area contributed by atoms with E-state index in [0.717, 1.165) is 6.42 Å². The fourth-order valence-electron chi connectivity index (χ4n) is 3.12. The molecule has 29 heavy (non-hydrogen) atoms. The molecule has 0 saturated carbocycles. The summed E-state index contributed by atoms with van der Waals surface area (Å²) in [6.07, 6.45) is 0.928. The Kier molecular flexibility index (Phi) is 6.43. The average Bonchev–Trinajstić information content (AvgIpc) is 2.77. The number of non-ortho nitro benzene ring substituents is 1. The van der Waals surface area contributed by atoms with Crippen LogP contribution in [-0.4, -0.2) is 59.3 Å². The van der Waals surface area contributed by atoms with Crippen LogP contribution >= 0.6 is 0 Å². The number of nitrogens with zero attached hydrogens (tertiary/aromatic N) is 3. The highest BCUT2D eigenvalue weighted by Crippen LogP contribution is 2.17. The van der Waals surface area contributed by atoms with E-state index in [1.807, 2.05) is 24.3 Å². The Morgan fingerprint density at radius 2 is 1.55 bits per heavy atom. The maximum absolute atomic E-state index is 12.6. The molecule has 0 spiro atoms. The minimum absolute atomic E-state index is 0.0260. The molecule has 152 valence electrons. The molecule has 1 saturated heterocycles. The molecule has 3 rings (SSSR count). The molecule has 0 aliphatic carbocycles. The number of nitro benzene ring substituents is 1. The van der Waals surface area contributed by atoms with Crippen LogP contribution in [0.15, 0.2) is 48.5 Å². The molecule has 2 aromatic rings. The van der Waals surface area contributed by atoms with Gasteiger partial charge in [0.15, 0.2) is 6.61 Å². The third-order valence-corrected chi connectivity index (χ3v) is 4.94. The van der Waals surface area contributed by atoms with Crippen LogP contribution in [0.25, 0.3) is 0 Å². The summed E-state index contributed by atoms with van der Waals surface area (Å²) in [5, 5.41) is 10.7. The van der Waals surface area contributed by atoms with Gasteiger partial charge in [0, 0.05) is 43.9 Å². The molecule has 1 aliphatic rings. The van der Waals surface area contributed by atoms with Crippen molar-refractivity contribution >= 4 is 17.5 Å². The van der Waals surface area contributed by atoms with E-state index >= 15 is 0 Å². The van der Waals surface area contributed by atoms with E-state index in [4.69, 9.17) is 4.74 Å². The van der Waals surface area contributed by atoms with Crippen molar-refractivity contribution in [2.75, 3.05) is 32.8 Å². The summed E-state index contributed by atoms with van der Waals surface area (Å²) in [7, 11) is 0. The first-order valence-electron chi connectivity index (χ1n) is 9.51. The van der Waals surface area contributed by atoms with Crippen LogP contribution in [0.1, 0.15) is 22.8 Å². The number of ether oxygens (including phenoxy) is 1. The number of aryl methyl sites for hydroxylation is 1. The lowest BCUT2D eigenvalue weighted by Gasteiger charge is -2.34. The standard InChI is InChI=1S/C21H23N3O5/c1-2-16-3-5-17(6-4-16)21(26)23-13-11-22(12-14-23)20(25)15-29-19-9-7-18(8-10-19)24(27)28/h3-10H,2,11-15H2,1H3. The molecule has 0 N–H and O–H groups in total. The number of rotatable bonds is 6. The molecule has 0 bridgehead atoms. The predicted octanol–water partition coefficient (Wildman–Crippen LogP) is 2.52. The zero-order chi connectivity index (χ0) is 20.8. The monoisotopic (exact) mass is 397 g/mol. The molecule has 8 heteroatoms. The Labute approximate surface area is 168 Å². The van der Waals surface area contributed by atoms with Crippen molar-refractivity contribution in [2.45, 2.75) is 13.3 Å². The van der Waals surface area contributed by atoms with Crippen LogP contribution in [0.3, 0.4) is 0 Å². The van der Waals surface area contributed by atoms with E-state index in [1.54, 1.807) is 9.80 Å². The van der Waals surface area contributed by atoms with Crippen LogP contribution < -0.4 is 4.74 Å². The minimum Gasteiger partial charge on any atom is -0.484 e. The first-order chi connectivity index (χ1) is 14.0. The molecule has 0 atom stereocenters. The highest BCUT2D eigenvalue weighted by atomic mass is 16.6. The quantitative estimate of drug-likeness (QED) is 0.552. The summed E-state index contributed by atoms with van der Waals surface area (Å²) in [5.74, 6) is 0.193. The van der Waals surface area contributed by atoms with E-state index in [9.17, 15) is 19.7 Å². The normalized spacial score (nSPS) is 13.8. The third-order valence-electron chi connectivity index (χ3n) is 4.94. The maximum Gasteiger partial charge on any atom is 0.269 e. The van der Waals surface area contributed by atoms with Gasteiger partial charge in [-0.15, -0.1) is 0 Å². The predicted molar refractivity (Wildman–Crippen MR) is 107 cm³/mol. The lowest BCUT2D eigenvalue weighted by molar-refractivity contribution is -0.384. The van der Waals surface area contributed by atoms with Gasteiger partial charge in [0.25, 0.3) is 17.5 Å². The topological polar surface area (TPSA) is 93.0 Å². The van der Waals surface area contributed by atoms with Gasteiger partial charge >= 0.3 is 0 Å². The zero-order valence-corrected chi connectivity index (χ0v) is 16.2. The SMILES string of the molecule is CCc1ccc(C(=O)N2CCN(C(=O)COc3ccc([N+](=O)[O-])cc3)CC2)cc1. The summed E-state index contributed by atoms with van der Waals surface area (Å²) in [6.45, 7) is 3.75. The van der Waals surface area contributed by atoms with Crippen molar-refractivity contribution in [3.05, 3.63) is 69.8 Å². The van der Waals surface area contributed by atoms with Gasteiger partial charge in [0.2, 0.25) is 0 Å². The van der Waals surface area contributed by atoms with Gasteiger partial charge < -0.3 is 14.5 Å². The Bertz CT molecular complexity index is 872. The van der Waals surface area contributed by atoms with Gasteiger partial charge in [-0.3, -0.25) is 19.7 Å². The average molecular weight is 397 g/mol. The lowest BCUT2D eigenvalue weighted by atomic mass is 10.1. The third kappa shape index (κ3) is 5.10. The number of nitro groups is 1. The van der Waals surface area contributed by atoms with Crippen molar-refractivity contribution in [1.29, 1.82) is 0 Å². The van der Waals surface area contributed by atoms with Gasteiger partial charge in [-0.25, -0.2) is 0 Å². The molecule has 1 fully saturated rings. The van der Waals surface area contributed by atoms with Crippen molar-refractivity contribution in [1.82, 2.24) is 9.80 Å². The summed E-state index contributed by atoms with van der Waals surface area (Å²) < 4.78 is 5.43. The summed E-state index contributed by atoms with van der Waals surface area (Å²) >= 11 is 0. The van der Waals surface area contributed by atoms with Crippen LogP contribution in [0.4, 0.5) is 5.69 Å². The lowest BCUT2D eigenvalue weighted by Crippen LogP contribution is -2.51. The van der Waals surface area contributed by atoms with Crippen LogP contribution in [0.5, 0.6) is 5.75 Å². The number of benzene rings is 2. The van der Waals surface area contributed by atoms with Gasteiger partial charge in [-0.05, 0) is 36.2 Å². The molecule has 2 aromatic carbocycles. The highest BCUT2D eigenvalue weighted by molar-refractivity contribution is 5.94. The van der Waals surface area contributed by atoms with E-state index in [2.05, 4.69) is 6.92 Å². The fraction of sp³-hybridized carbons (Fsp3) is 0.333. The van der Waals surface area contributed by atoms with E-state index in [0.29, 0.717) is 37.5 Å². The summed E-state index contributed by atoms with van der Waals surface area (Å²) in [4.78, 5) is 38.5. The molecule has 1 heterocycles. The molecule has 1 aliphatic heterocycles. The van der Waals surface area contributed by atoms with Crippen LogP contribution in [0, 0.1) is 10.1 Å². The second-order valence-corrected chi connectivity index (χ2v) is 6.76. The molecule has 0 radical (unpaired) electrons. The largest absolute Gasteiger partial charge is 0.484 e. The highest BCUT2D eigenvalue weighted by Gasteiger charge is 2.25. The van der Waals surface area contributed by atoms with E-state index in [1.165, 1.54) is 29.8 Å². The van der Waals surface area contributed by atoms with Crippen molar-refractivity contribution < 1.29 is 19.2 Å². The van der Waals surface area contributed by atoms with Gasteiger partial charge in [-0.2, -0.15) is 0 Å². The van der Waals surface area contributed by atoms with Crippen LogP contribution in [-0.2, 0) is 11.2 Å². The molecular weight excluding hydrogens is 374 g/mol. The van der Waals surface area contributed by atoms with Gasteiger partial charge in [0.1, 0.15) is 5.75 Å². The number of carbonyl (C=O) groups is 2. The van der Waals surface area contributed by atoms with E-state index in [-0.39, 0.29) is 24.1 Å². The Morgan fingerprint density at radius 3 is 2.10 bits per heavy atom. The molecule has 2 amide bonds. The Balaban J connectivity index is 1.47. The first kappa shape index (κ1) is 20.3. The number of hydrogen-bond acceptors (Lipinski definition) is 5. The Hall–Kier alpha value is -3.42. The van der Waals surface area contributed by atoms with Gasteiger partial charge in [-0.1, -0.05) is 19.1 Å². The minimum atomic E-state index is -0.492. The molecular formula is C21H23N3O5.